The van der Waals surface area contributed by atoms with E-state index in [1.54, 1.807) is 0 Å². The van der Waals surface area contributed by atoms with Gasteiger partial charge in [0.25, 0.3) is 0 Å². The van der Waals surface area contributed by atoms with Crippen molar-refractivity contribution < 1.29 is 0 Å². The Morgan fingerprint density at radius 1 is 0.333 bits per heavy atom. The van der Waals surface area contributed by atoms with E-state index >= 15 is 0 Å². The summed E-state index contributed by atoms with van der Waals surface area (Å²) in [5.74, 6) is 0. The summed E-state index contributed by atoms with van der Waals surface area (Å²) in [5, 5.41) is 11.0. The van der Waals surface area contributed by atoms with Crippen LogP contribution in [-0.2, 0) is 13.1 Å². The van der Waals surface area contributed by atoms with Crippen molar-refractivity contribution in [1.29, 1.82) is 0 Å². The molecule has 7 aromatic rings. The zero-order chi connectivity index (χ0) is 32.7. The van der Waals surface area contributed by atoms with Crippen LogP contribution in [0.3, 0.4) is 0 Å². The molecule has 0 unspecified atom stereocenters. The molecule has 0 amide bonds. The summed E-state index contributed by atoms with van der Waals surface area (Å²) >= 11 is 0. The highest BCUT2D eigenvalue weighted by Crippen LogP contribution is 2.44. The quantitative estimate of drug-likeness (QED) is 0.0952. The smallest absolute Gasteiger partial charge is 0.0290 e. The number of benzene rings is 7. The third kappa shape index (κ3) is 6.73. The zero-order valence-electron chi connectivity index (χ0n) is 27.8. The molecule has 0 saturated heterocycles. The Morgan fingerprint density at radius 3 is 0.792 bits per heavy atom. The number of hydrogen-bond acceptors (Lipinski definition) is 2. The summed E-state index contributed by atoms with van der Waals surface area (Å²) in [6.07, 6.45) is 0. The highest BCUT2D eigenvalue weighted by atomic mass is 31.1. The van der Waals surface area contributed by atoms with Crippen molar-refractivity contribution in [3.05, 3.63) is 181 Å². The minimum Gasteiger partial charge on any atom is -0.271 e. The van der Waals surface area contributed by atoms with E-state index in [4.69, 9.17) is 0 Å². The summed E-state index contributed by atoms with van der Waals surface area (Å²) in [5.41, 5.74) is 2.84. The van der Waals surface area contributed by atoms with Gasteiger partial charge in [-0.1, -0.05) is 184 Å². The first-order valence-corrected chi connectivity index (χ1v) is 19.6. The molecule has 0 spiro atoms. The Kier molecular flexibility index (Phi) is 10.4. The number of nitrogens with zero attached hydrogens (tertiary/aromatic N) is 2. The second kappa shape index (κ2) is 15.4. The highest BCUT2D eigenvalue weighted by Gasteiger charge is 2.26. The minimum absolute atomic E-state index is 0.706. The first kappa shape index (κ1) is 32.4. The van der Waals surface area contributed by atoms with Crippen molar-refractivity contribution in [2.45, 2.75) is 26.9 Å². The fraction of sp³-hybridized carbons (Fsp3) is 0.136. The second-order valence-corrected chi connectivity index (χ2v) is 16.4. The van der Waals surface area contributed by atoms with E-state index in [1.165, 1.54) is 53.9 Å². The van der Waals surface area contributed by atoms with Crippen LogP contribution >= 0.6 is 16.1 Å². The second-order valence-electron chi connectivity index (χ2n) is 12.0. The lowest BCUT2D eigenvalue weighted by Crippen LogP contribution is -2.29. The van der Waals surface area contributed by atoms with Crippen molar-refractivity contribution in [3.63, 3.8) is 0 Å². The molecule has 7 rings (SSSR count). The molecule has 238 valence electrons. The highest BCUT2D eigenvalue weighted by molar-refractivity contribution is 7.71. The topological polar surface area (TPSA) is 6.48 Å². The Bertz CT molecular complexity index is 1780. The fourth-order valence-corrected chi connectivity index (χ4v) is 11.7. The lowest BCUT2D eigenvalue weighted by Gasteiger charge is -2.34. The molecule has 2 nitrogen and oxygen atoms in total. The van der Waals surface area contributed by atoms with Gasteiger partial charge in [-0.05, 0) is 53.9 Å². The predicted molar refractivity (Wildman–Crippen MR) is 212 cm³/mol. The molecule has 0 aliphatic carbocycles. The van der Waals surface area contributed by atoms with Crippen LogP contribution in [0.5, 0.6) is 0 Å². The maximum atomic E-state index is 2.70. The average Bonchev–Trinajstić information content (AvgIpc) is 3.16. The van der Waals surface area contributed by atoms with Gasteiger partial charge in [0.05, 0.1) is 0 Å². The van der Waals surface area contributed by atoms with Gasteiger partial charge in [-0.15, -0.1) is 0 Å². The van der Waals surface area contributed by atoms with Crippen LogP contribution in [0.4, 0.5) is 0 Å². The Labute approximate surface area is 288 Å². The average molecular weight is 661 g/mol. The molecule has 4 heteroatoms. The van der Waals surface area contributed by atoms with Gasteiger partial charge in [0.1, 0.15) is 0 Å². The van der Waals surface area contributed by atoms with Crippen LogP contribution in [0.1, 0.15) is 25.0 Å². The number of hydrogen-bond donors (Lipinski definition) is 0. The molecule has 0 radical (unpaired) electrons. The molecule has 0 aromatic heterocycles. The molecule has 0 atom stereocenters. The van der Waals surface area contributed by atoms with Gasteiger partial charge >= 0.3 is 0 Å². The van der Waals surface area contributed by atoms with Gasteiger partial charge in [0.2, 0.25) is 0 Å². The first-order valence-electron chi connectivity index (χ1n) is 17.0. The molecule has 0 aliphatic rings. The molecular formula is C44H42N2P2. The first-order chi connectivity index (χ1) is 23.8. The van der Waals surface area contributed by atoms with E-state index in [2.05, 4.69) is 193 Å². The monoisotopic (exact) mass is 660 g/mol. The van der Waals surface area contributed by atoms with Crippen LogP contribution in [0.2, 0.25) is 0 Å². The number of fused-ring (bicyclic) bond motifs is 2. The van der Waals surface area contributed by atoms with Crippen molar-refractivity contribution in [2.24, 2.45) is 0 Å². The molecule has 0 N–H and O–H groups in total. The largest absolute Gasteiger partial charge is 0.271 e. The van der Waals surface area contributed by atoms with Crippen molar-refractivity contribution in [3.8, 4) is 0 Å². The van der Waals surface area contributed by atoms with E-state index in [0.29, 0.717) is 0 Å². The van der Waals surface area contributed by atoms with Crippen LogP contribution < -0.4 is 21.2 Å². The van der Waals surface area contributed by atoms with Crippen LogP contribution in [0.25, 0.3) is 21.5 Å². The standard InChI is InChI=1S/C44H42N2P2/c1-3-45(47(35-21-9-5-10-22-35)36-23-11-6-12-24-36)33-43-39-29-17-19-31-41(39)44(42-32-20-18-30-40(42)43)34-46(4-2)48(37-25-13-7-14-26-37)38-27-15-8-16-28-38/h5-32H,3-4,33-34H2,1-2H3. The number of rotatable bonds is 12. The van der Waals surface area contributed by atoms with Crippen molar-refractivity contribution >= 4 is 58.9 Å². The van der Waals surface area contributed by atoms with E-state index in [9.17, 15) is 0 Å². The molecule has 0 aliphatic heterocycles. The van der Waals surface area contributed by atoms with E-state index in [0.717, 1.165) is 26.2 Å². The molecule has 7 aromatic carbocycles. The molecule has 0 fully saturated rings. The summed E-state index contributed by atoms with van der Waals surface area (Å²) < 4.78 is 5.41. The molecule has 0 heterocycles. The summed E-state index contributed by atoms with van der Waals surface area (Å²) in [6.45, 7) is 8.31. The fourth-order valence-electron chi connectivity index (χ4n) is 6.89. The van der Waals surface area contributed by atoms with Gasteiger partial charge in [-0.3, -0.25) is 9.34 Å². The molecule has 48 heavy (non-hydrogen) atoms. The summed E-state index contributed by atoms with van der Waals surface area (Å²) in [4.78, 5) is 0. The third-order valence-electron chi connectivity index (χ3n) is 9.13. The van der Waals surface area contributed by atoms with Gasteiger partial charge in [0.15, 0.2) is 0 Å². The Morgan fingerprint density at radius 2 is 0.562 bits per heavy atom. The van der Waals surface area contributed by atoms with Crippen LogP contribution in [-0.4, -0.2) is 22.4 Å². The van der Waals surface area contributed by atoms with Gasteiger partial charge in [-0.2, -0.15) is 0 Å². The zero-order valence-corrected chi connectivity index (χ0v) is 29.6. The van der Waals surface area contributed by atoms with Gasteiger partial charge in [-0.25, -0.2) is 0 Å². The van der Waals surface area contributed by atoms with Crippen molar-refractivity contribution in [2.75, 3.05) is 13.1 Å². The summed E-state index contributed by atoms with van der Waals surface area (Å²) in [7, 11) is -1.41. The SMILES string of the molecule is CCN(Cc1c2ccccc2c(CN(CC)P(c2ccccc2)c2ccccc2)c2ccccc12)P(c1ccccc1)c1ccccc1. The van der Waals surface area contributed by atoms with Gasteiger partial charge < -0.3 is 0 Å². The molecular weight excluding hydrogens is 618 g/mol. The van der Waals surface area contributed by atoms with Crippen LogP contribution in [0, 0.1) is 0 Å². The molecule has 0 bridgehead atoms. The minimum atomic E-state index is -0.706. The van der Waals surface area contributed by atoms with Gasteiger partial charge in [0, 0.05) is 42.3 Å². The summed E-state index contributed by atoms with van der Waals surface area (Å²) in [6, 6.07) is 62.7. The third-order valence-corrected chi connectivity index (χ3v) is 14.3. The Hall–Kier alpha value is -4.16. The lowest BCUT2D eigenvalue weighted by molar-refractivity contribution is 0.484. The lowest BCUT2D eigenvalue weighted by atomic mass is 9.91. The van der Waals surface area contributed by atoms with Crippen LogP contribution in [0.15, 0.2) is 170 Å². The maximum absolute atomic E-state index is 2.70. The van der Waals surface area contributed by atoms with E-state index in [1.807, 2.05) is 0 Å². The normalized spacial score (nSPS) is 11.8. The Balaban J connectivity index is 1.36. The van der Waals surface area contributed by atoms with Crippen molar-refractivity contribution in [1.82, 2.24) is 9.34 Å². The maximum Gasteiger partial charge on any atom is 0.0290 e. The van der Waals surface area contributed by atoms with E-state index < -0.39 is 16.1 Å². The predicted octanol–water partition coefficient (Wildman–Crippen LogP) is 9.73. The van der Waals surface area contributed by atoms with E-state index in [-0.39, 0.29) is 0 Å². The molecule has 0 saturated carbocycles.